The number of rotatable bonds is 50. The zero-order valence-electron chi connectivity index (χ0n) is 60.2. The van der Waals surface area contributed by atoms with Crippen molar-refractivity contribution in [2.75, 3.05) is 25.7 Å². The number of unbranched alkanes of at least 4 members (excludes halogenated alkanes) is 12. The molecule has 3 rings (SSSR count). The number of carbonyl (C=O) groups excluding carboxylic acids is 10. The van der Waals surface area contributed by atoms with Gasteiger partial charge in [0, 0.05) is 44.6 Å². The number of hydrogen-bond donors (Lipinski definition) is 13. The van der Waals surface area contributed by atoms with Crippen molar-refractivity contribution >= 4 is 70.8 Å². The zero-order chi connectivity index (χ0) is 72.5. The van der Waals surface area contributed by atoms with Crippen LogP contribution in [-0.2, 0) is 67.2 Å². The van der Waals surface area contributed by atoms with Gasteiger partial charge in [-0.15, -0.1) is 0 Å². The van der Waals surface area contributed by atoms with Crippen LogP contribution in [0.5, 0.6) is 5.75 Å². The Morgan fingerprint density at radius 3 is 1.33 bits per heavy atom. The van der Waals surface area contributed by atoms with Crippen molar-refractivity contribution in [1.82, 2.24) is 63.1 Å². The summed E-state index contributed by atoms with van der Waals surface area (Å²) >= 11 is 1.51. The van der Waals surface area contributed by atoms with Crippen LogP contribution in [0, 0.1) is 23.7 Å². The van der Waals surface area contributed by atoms with Gasteiger partial charge in [0.1, 0.15) is 60.1 Å². The number of aliphatic hydroxyl groups excluding tert-OH is 1. The number of aromatic hydroxyl groups is 1. The minimum absolute atomic E-state index is 0.0193. The van der Waals surface area contributed by atoms with Crippen molar-refractivity contribution in [2.24, 2.45) is 23.7 Å². The highest BCUT2D eigenvalue weighted by Gasteiger charge is 2.37. The van der Waals surface area contributed by atoms with Crippen molar-refractivity contribution in [1.29, 1.82) is 0 Å². The van der Waals surface area contributed by atoms with Crippen molar-refractivity contribution in [2.45, 2.75) is 258 Å². The van der Waals surface area contributed by atoms with E-state index in [-0.39, 0.29) is 74.4 Å². The summed E-state index contributed by atoms with van der Waals surface area (Å²) in [6, 6.07) is 3.72. The van der Waals surface area contributed by atoms with Crippen molar-refractivity contribution in [3.05, 3.63) is 83.9 Å². The van der Waals surface area contributed by atoms with E-state index in [0.29, 0.717) is 36.3 Å². The first-order chi connectivity index (χ1) is 46.8. The Kier molecular flexibility index (Phi) is 41.0. The van der Waals surface area contributed by atoms with Crippen LogP contribution < -0.4 is 53.2 Å². The molecule has 0 fully saturated rings. The molecule has 0 radical (unpaired) electrons. The number of phenolic OH excluding ortho intramolecular Hbond substituents is 1. The third-order valence-corrected chi connectivity index (χ3v) is 17.8. The van der Waals surface area contributed by atoms with Gasteiger partial charge in [-0.05, 0) is 91.0 Å². The fraction of sp³-hybridized carbons (Fsp3) is 0.658. The van der Waals surface area contributed by atoms with Gasteiger partial charge >= 0.3 is 0 Å². The molecule has 2 aromatic carbocycles. The molecule has 0 saturated carbocycles. The second kappa shape index (κ2) is 47.5. The number of amides is 10. The number of likely N-dealkylation sites (N-methyl/N-ethyl adjacent to an activating group) is 1. The molecule has 10 amide bonds. The Labute approximate surface area is 586 Å². The summed E-state index contributed by atoms with van der Waals surface area (Å²) < 4.78 is 0. The van der Waals surface area contributed by atoms with Crippen molar-refractivity contribution in [3.8, 4) is 5.75 Å². The topological polar surface area (TPSA) is 360 Å². The van der Waals surface area contributed by atoms with E-state index in [9.17, 15) is 58.2 Å². The number of nitrogens with one attached hydrogen (secondary N) is 11. The summed E-state index contributed by atoms with van der Waals surface area (Å²) in [7, 11) is 1.47. The van der Waals surface area contributed by atoms with Crippen molar-refractivity contribution < 1.29 is 58.2 Å². The standard InChI is InChI=1S/C73H118N12O12S/c1-12-14-15-16-17-18-19-20-21-22-23-24-28-31-63(88)77-56(38-47(3)4)66(90)81-59(42-52-32-34-54(87)35-33-52)69(93)79-57(39-48(5)6)67(91)82-61(43-53-44-75-46-76-53)70(94)84-62(45-86)72(96)80-58(40-49(7)8)71(95)85-64(50(9)13-2)73(97)83-60(41-51-29-26-25-27-30-51)68(92)78-55(36-37-98-11)65(89)74-10/h25-27,29-30,32-35,44,46-50,55-62,64,86-87H,12-24,28,31,36-43,45H2,1-11H3,(H,74,89)(H,75,76)(H,77,88)(H,78,92)(H,79,93)(H,80,96)(H,81,90)(H,82,91)(H,83,97)(H,84,94)(H,85,95)/t50-,55-,56-,57-,58-,59-,60-,61-,62-,64-/m0/s1. The van der Waals surface area contributed by atoms with Gasteiger partial charge in [0.25, 0.3) is 0 Å². The Morgan fingerprint density at radius 1 is 0.469 bits per heavy atom. The van der Waals surface area contributed by atoms with Crippen LogP contribution in [0.4, 0.5) is 0 Å². The number of phenols is 1. The predicted octanol–water partition coefficient (Wildman–Crippen LogP) is 6.66. The summed E-state index contributed by atoms with van der Waals surface area (Å²) in [5.41, 5.74) is 1.68. The molecular weight excluding hydrogens is 1270 g/mol. The SMILES string of the molecule is CCCCCCCCCCCCCCCC(=O)N[C@@H](CC(C)C)C(=O)N[C@@H](Cc1ccc(O)cc1)C(=O)N[C@@H](CC(C)C)C(=O)N[C@@H](Cc1cnc[nH]1)C(=O)N[C@@H](CO)C(=O)N[C@@H](CC(C)C)C(=O)N[C@H](C(=O)N[C@@H](Cc1ccccc1)C(=O)N[C@@H](CCSC)C(=O)NC)[C@@H](C)CC. The summed E-state index contributed by atoms with van der Waals surface area (Å²) in [6.45, 7) is 16.0. The van der Waals surface area contributed by atoms with E-state index in [1.807, 2.05) is 60.8 Å². The summed E-state index contributed by atoms with van der Waals surface area (Å²) in [4.78, 5) is 149. The highest BCUT2D eigenvalue weighted by Crippen LogP contribution is 2.18. The maximum atomic E-state index is 14.7. The molecule has 0 aliphatic carbocycles. The van der Waals surface area contributed by atoms with Crippen molar-refractivity contribution in [3.63, 3.8) is 0 Å². The molecule has 1 aromatic heterocycles. The van der Waals surface area contributed by atoms with E-state index in [4.69, 9.17) is 0 Å². The maximum absolute atomic E-state index is 14.7. The Balaban J connectivity index is 1.84. The maximum Gasteiger partial charge on any atom is 0.245 e. The number of nitrogens with zero attached hydrogens (tertiary/aromatic N) is 1. The summed E-state index contributed by atoms with van der Waals surface area (Å²) in [5, 5.41) is 48.4. The van der Waals surface area contributed by atoms with Gasteiger partial charge in [-0.2, -0.15) is 11.8 Å². The molecule has 0 aliphatic rings. The van der Waals surface area contributed by atoms with Gasteiger partial charge in [-0.25, -0.2) is 4.98 Å². The Hall–Kier alpha value is -7.54. The third-order valence-electron chi connectivity index (χ3n) is 17.2. The Morgan fingerprint density at radius 2 is 0.878 bits per heavy atom. The molecule has 0 unspecified atom stereocenters. The molecule has 548 valence electrons. The minimum Gasteiger partial charge on any atom is -0.508 e. The average molecular weight is 1390 g/mol. The molecule has 13 N–H and O–H groups in total. The fourth-order valence-electron chi connectivity index (χ4n) is 11.4. The molecular formula is C73H118N12O12S. The van der Waals surface area contributed by atoms with Gasteiger partial charge in [0.15, 0.2) is 0 Å². The van der Waals surface area contributed by atoms with E-state index < -0.39 is 120 Å². The summed E-state index contributed by atoms with van der Waals surface area (Å²) in [6.07, 6.45) is 20.9. The van der Waals surface area contributed by atoms with Gasteiger partial charge in [0.2, 0.25) is 59.1 Å². The van der Waals surface area contributed by atoms with E-state index in [0.717, 1.165) is 24.8 Å². The number of H-pyrrole nitrogens is 1. The van der Waals surface area contributed by atoms with Crippen LogP contribution in [0.2, 0.25) is 0 Å². The Bertz CT molecular complexity index is 2860. The lowest BCUT2D eigenvalue weighted by atomic mass is 9.95. The number of aliphatic hydroxyl groups is 1. The molecule has 0 saturated heterocycles. The van der Waals surface area contributed by atoms with E-state index >= 15 is 0 Å². The van der Waals surface area contributed by atoms with Gasteiger partial charge < -0.3 is 68.4 Å². The van der Waals surface area contributed by atoms with E-state index in [1.54, 1.807) is 43.3 Å². The number of aromatic amines is 1. The second-order valence-corrected chi connectivity index (χ2v) is 28.2. The number of benzene rings is 2. The third kappa shape index (κ3) is 33.3. The highest BCUT2D eigenvalue weighted by atomic mass is 32.2. The lowest BCUT2D eigenvalue weighted by Crippen LogP contribution is -2.62. The van der Waals surface area contributed by atoms with Gasteiger partial charge in [-0.1, -0.05) is 188 Å². The van der Waals surface area contributed by atoms with E-state index in [1.165, 1.54) is 101 Å². The lowest BCUT2D eigenvalue weighted by Gasteiger charge is -2.30. The molecule has 24 nitrogen and oxygen atoms in total. The largest absolute Gasteiger partial charge is 0.508 e. The first-order valence-corrected chi connectivity index (χ1v) is 37.0. The van der Waals surface area contributed by atoms with Crippen LogP contribution in [0.15, 0.2) is 67.1 Å². The van der Waals surface area contributed by atoms with Crippen LogP contribution in [0.3, 0.4) is 0 Å². The first-order valence-electron chi connectivity index (χ1n) is 35.7. The number of imidazole rings is 1. The molecule has 3 aromatic rings. The molecule has 0 aliphatic heterocycles. The zero-order valence-corrected chi connectivity index (χ0v) is 61.0. The lowest BCUT2D eigenvalue weighted by molar-refractivity contribution is -0.137. The smallest absolute Gasteiger partial charge is 0.245 e. The fourth-order valence-corrected chi connectivity index (χ4v) is 11.8. The average Bonchev–Trinajstić information content (AvgIpc) is 0.885. The van der Waals surface area contributed by atoms with Crippen LogP contribution in [0.1, 0.15) is 201 Å². The van der Waals surface area contributed by atoms with E-state index in [2.05, 4.69) is 70.1 Å². The van der Waals surface area contributed by atoms with Gasteiger partial charge in [-0.3, -0.25) is 47.9 Å². The molecule has 98 heavy (non-hydrogen) atoms. The van der Waals surface area contributed by atoms with Crippen LogP contribution in [-0.4, -0.2) is 159 Å². The van der Waals surface area contributed by atoms with Crippen LogP contribution in [0.25, 0.3) is 0 Å². The monoisotopic (exact) mass is 1390 g/mol. The first kappa shape index (κ1) is 84.7. The normalized spacial score (nSPS) is 14.4. The quantitative estimate of drug-likeness (QED) is 0.0263. The highest BCUT2D eigenvalue weighted by molar-refractivity contribution is 7.98. The second-order valence-electron chi connectivity index (χ2n) is 27.2. The summed E-state index contributed by atoms with van der Waals surface area (Å²) in [5.74, 6) is -7.19. The molecule has 1 heterocycles. The molecule has 0 spiro atoms. The number of carbonyl (C=O) groups is 10. The number of aromatic nitrogens is 2. The number of hydrogen-bond acceptors (Lipinski definition) is 14. The predicted molar refractivity (Wildman–Crippen MR) is 384 cm³/mol. The number of thioether (sulfide) groups is 1. The molecule has 10 atom stereocenters. The molecule has 0 bridgehead atoms. The molecule has 25 heteroatoms. The minimum atomic E-state index is -1.69. The van der Waals surface area contributed by atoms with Gasteiger partial charge in [0.05, 0.1) is 12.9 Å². The van der Waals surface area contributed by atoms with Crippen LogP contribution >= 0.6 is 11.8 Å².